The Morgan fingerprint density at radius 3 is 2.68 bits per heavy atom. The summed E-state index contributed by atoms with van der Waals surface area (Å²) in [5.41, 5.74) is 0.996. The summed E-state index contributed by atoms with van der Waals surface area (Å²) in [6.07, 6.45) is 1.82. The molecule has 2 rings (SSSR count). The lowest BCUT2D eigenvalue weighted by Gasteiger charge is -2.34. The van der Waals surface area contributed by atoms with E-state index < -0.39 is 14.6 Å². The highest BCUT2D eigenvalue weighted by atomic mass is 32.2. The van der Waals surface area contributed by atoms with Crippen LogP contribution in [0.5, 0.6) is 0 Å². The number of piperidine rings is 1. The zero-order valence-corrected chi connectivity index (χ0v) is 12.4. The Morgan fingerprint density at radius 1 is 1.47 bits per heavy atom. The first-order chi connectivity index (χ1) is 8.96. The van der Waals surface area contributed by atoms with E-state index in [1.165, 1.54) is 0 Å². The van der Waals surface area contributed by atoms with Gasteiger partial charge >= 0.3 is 0 Å². The van der Waals surface area contributed by atoms with E-state index in [2.05, 4.69) is 10.6 Å². The summed E-state index contributed by atoms with van der Waals surface area (Å²) in [4.78, 5) is 12.3. The lowest BCUT2D eigenvalue weighted by Crippen LogP contribution is -2.57. The predicted octanol–water partition coefficient (Wildman–Crippen LogP) is 0.531. The highest BCUT2D eigenvalue weighted by Crippen LogP contribution is 2.28. The van der Waals surface area contributed by atoms with E-state index in [1.54, 1.807) is 11.3 Å². The third-order valence-electron chi connectivity index (χ3n) is 3.57. The van der Waals surface area contributed by atoms with Crippen LogP contribution in [0.15, 0.2) is 16.8 Å². The number of thiophene rings is 1. The first kappa shape index (κ1) is 14.5. The van der Waals surface area contributed by atoms with Gasteiger partial charge in [0.05, 0.1) is 0 Å². The third kappa shape index (κ3) is 2.98. The highest BCUT2D eigenvalue weighted by molar-refractivity contribution is 7.92. The number of nitrogens with one attached hydrogen (secondary N) is 2. The Morgan fingerprint density at radius 2 is 2.16 bits per heavy atom. The van der Waals surface area contributed by atoms with E-state index in [0.717, 1.165) is 11.8 Å². The molecular weight excluding hydrogens is 284 g/mol. The zero-order valence-electron chi connectivity index (χ0n) is 10.8. The molecule has 1 aliphatic heterocycles. The Balaban J connectivity index is 2.12. The molecule has 2 heterocycles. The SMILES string of the molecule is CS(=O)(=O)C1(C(=O)NCc2ccsc2)CCNCC1. The fourth-order valence-electron chi connectivity index (χ4n) is 2.33. The molecule has 0 saturated carbocycles. The van der Waals surface area contributed by atoms with Crippen LogP contribution in [-0.2, 0) is 21.2 Å². The van der Waals surface area contributed by atoms with Crippen LogP contribution >= 0.6 is 11.3 Å². The summed E-state index contributed by atoms with van der Waals surface area (Å²) in [7, 11) is -3.43. The molecule has 1 aromatic rings. The molecule has 7 heteroatoms. The molecule has 0 radical (unpaired) electrons. The van der Waals surface area contributed by atoms with Crippen LogP contribution in [0.4, 0.5) is 0 Å². The van der Waals surface area contributed by atoms with Gasteiger partial charge in [-0.2, -0.15) is 11.3 Å². The molecule has 0 spiro atoms. The van der Waals surface area contributed by atoms with Crippen molar-refractivity contribution in [3.63, 3.8) is 0 Å². The van der Waals surface area contributed by atoms with Crippen molar-refractivity contribution >= 4 is 27.1 Å². The highest BCUT2D eigenvalue weighted by Gasteiger charge is 2.48. The van der Waals surface area contributed by atoms with Gasteiger partial charge in [-0.1, -0.05) is 0 Å². The van der Waals surface area contributed by atoms with Gasteiger partial charge in [0.15, 0.2) is 14.6 Å². The zero-order chi connectivity index (χ0) is 13.9. The molecule has 2 N–H and O–H groups in total. The van der Waals surface area contributed by atoms with Gasteiger partial charge in [0, 0.05) is 12.8 Å². The second-order valence-electron chi connectivity index (χ2n) is 4.83. The van der Waals surface area contributed by atoms with Crippen LogP contribution in [0.25, 0.3) is 0 Å². The normalized spacial score (nSPS) is 19.0. The van der Waals surface area contributed by atoms with Crippen molar-refractivity contribution in [3.05, 3.63) is 22.4 Å². The number of rotatable bonds is 4. The lowest BCUT2D eigenvalue weighted by atomic mass is 9.96. The third-order valence-corrected chi connectivity index (χ3v) is 6.31. The Bertz CT molecular complexity index is 531. The summed E-state index contributed by atoms with van der Waals surface area (Å²) in [5, 5.41) is 9.73. The summed E-state index contributed by atoms with van der Waals surface area (Å²) in [6, 6.07) is 1.92. The molecule has 0 bridgehead atoms. The van der Waals surface area contributed by atoms with Gasteiger partial charge in [-0.05, 0) is 48.3 Å². The fraction of sp³-hybridized carbons (Fsp3) is 0.583. The molecule has 19 heavy (non-hydrogen) atoms. The Kier molecular flexibility index (Phi) is 4.27. The maximum absolute atomic E-state index is 12.3. The molecule has 0 aliphatic carbocycles. The summed E-state index contributed by atoms with van der Waals surface area (Å²) >= 11 is 1.55. The van der Waals surface area contributed by atoms with Crippen molar-refractivity contribution < 1.29 is 13.2 Å². The van der Waals surface area contributed by atoms with Gasteiger partial charge in [-0.15, -0.1) is 0 Å². The van der Waals surface area contributed by atoms with E-state index in [1.807, 2.05) is 16.8 Å². The summed E-state index contributed by atoms with van der Waals surface area (Å²) in [6.45, 7) is 1.49. The van der Waals surface area contributed by atoms with Crippen molar-refractivity contribution in [2.45, 2.75) is 24.1 Å². The molecule has 1 aliphatic rings. The molecule has 1 aromatic heterocycles. The molecule has 1 fully saturated rings. The van der Waals surface area contributed by atoms with Crippen molar-refractivity contribution in [2.24, 2.45) is 0 Å². The second-order valence-corrected chi connectivity index (χ2v) is 7.94. The maximum atomic E-state index is 12.3. The topological polar surface area (TPSA) is 75.3 Å². The van der Waals surface area contributed by atoms with Crippen LogP contribution < -0.4 is 10.6 Å². The summed E-state index contributed by atoms with van der Waals surface area (Å²) in [5.74, 6) is -0.372. The number of hydrogen-bond donors (Lipinski definition) is 2. The van der Waals surface area contributed by atoms with Gasteiger partial charge < -0.3 is 10.6 Å². The van der Waals surface area contributed by atoms with Crippen molar-refractivity contribution in [3.8, 4) is 0 Å². The molecular formula is C12H18N2O3S2. The first-order valence-electron chi connectivity index (χ1n) is 6.15. The molecule has 5 nitrogen and oxygen atoms in total. The molecule has 0 aromatic carbocycles. The van der Waals surface area contributed by atoms with Crippen molar-refractivity contribution in [2.75, 3.05) is 19.3 Å². The fourth-order valence-corrected chi connectivity index (χ4v) is 4.36. The Hall–Kier alpha value is -0.920. The smallest absolute Gasteiger partial charge is 0.241 e. The predicted molar refractivity (Wildman–Crippen MR) is 75.8 cm³/mol. The van der Waals surface area contributed by atoms with Gasteiger partial charge in [-0.25, -0.2) is 8.42 Å². The minimum absolute atomic E-state index is 0.335. The number of carbonyl (C=O) groups is 1. The number of carbonyl (C=O) groups excluding carboxylic acids is 1. The van der Waals surface area contributed by atoms with Crippen LogP contribution in [0.2, 0.25) is 0 Å². The van der Waals surface area contributed by atoms with Crippen molar-refractivity contribution in [1.29, 1.82) is 0 Å². The van der Waals surface area contributed by atoms with E-state index in [0.29, 0.717) is 32.5 Å². The standard InChI is InChI=1S/C12H18N2O3S2/c1-19(16,17)12(3-5-13-6-4-12)11(15)14-8-10-2-7-18-9-10/h2,7,9,13H,3-6,8H2,1H3,(H,14,15). The van der Waals surface area contributed by atoms with Crippen LogP contribution in [-0.4, -0.2) is 38.4 Å². The van der Waals surface area contributed by atoms with Crippen LogP contribution in [0.3, 0.4) is 0 Å². The van der Waals surface area contributed by atoms with Gasteiger partial charge in [0.25, 0.3) is 0 Å². The van der Waals surface area contributed by atoms with Crippen LogP contribution in [0, 0.1) is 0 Å². The quantitative estimate of drug-likeness (QED) is 0.851. The van der Waals surface area contributed by atoms with Gasteiger partial charge in [-0.3, -0.25) is 4.79 Å². The van der Waals surface area contributed by atoms with E-state index in [4.69, 9.17) is 0 Å². The average Bonchev–Trinajstić information content (AvgIpc) is 2.88. The minimum Gasteiger partial charge on any atom is -0.351 e. The van der Waals surface area contributed by atoms with Crippen LogP contribution in [0.1, 0.15) is 18.4 Å². The molecule has 1 saturated heterocycles. The van der Waals surface area contributed by atoms with Crippen molar-refractivity contribution in [1.82, 2.24) is 10.6 Å². The molecule has 0 unspecified atom stereocenters. The molecule has 1 amide bonds. The van der Waals surface area contributed by atoms with E-state index in [9.17, 15) is 13.2 Å². The maximum Gasteiger partial charge on any atom is 0.241 e. The Labute approximate surface area is 117 Å². The first-order valence-corrected chi connectivity index (χ1v) is 8.99. The number of hydrogen-bond acceptors (Lipinski definition) is 5. The average molecular weight is 302 g/mol. The van der Waals surface area contributed by atoms with E-state index in [-0.39, 0.29) is 5.91 Å². The molecule has 0 atom stereocenters. The lowest BCUT2D eigenvalue weighted by molar-refractivity contribution is -0.124. The summed E-state index contributed by atoms with van der Waals surface area (Å²) < 4.78 is 22.8. The van der Waals surface area contributed by atoms with Gasteiger partial charge in [0.1, 0.15) is 0 Å². The van der Waals surface area contributed by atoms with Gasteiger partial charge in [0.2, 0.25) is 5.91 Å². The number of sulfone groups is 1. The largest absolute Gasteiger partial charge is 0.351 e. The number of amides is 1. The van der Waals surface area contributed by atoms with E-state index >= 15 is 0 Å². The minimum atomic E-state index is -3.43. The second kappa shape index (κ2) is 5.60. The monoisotopic (exact) mass is 302 g/mol. The molecule has 106 valence electrons.